The van der Waals surface area contributed by atoms with Crippen LogP contribution in [0.4, 0.5) is 0 Å². The molecule has 0 aliphatic carbocycles. The lowest BCUT2D eigenvalue weighted by atomic mass is 10.2. The van der Waals surface area contributed by atoms with Crippen molar-refractivity contribution in [3.05, 3.63) is 55.9 Å². The number of carbonyl (C=O) groups is 1. The summed E-state index contributed by atoms with van der Waals surface area (Å²) in [4.78, 5) is 39.5. The molecule has 0 amide bonds. The Labute approximate surface area is 168 Å². The molecule has 0 unspecified atom stereocenters. The molecular weight excluding hydrogens is 396 g/mol. The second-order valence-corrected chi connectivity index (χ2v) is 8.60. The number of nitrogens with zero attached hydrogens (tertiary/aromatic N) is 3. The van der Waals surface area contributed by atoms with Crippen LogP contribution >= 0.6 is 22.7 Å². The molecule has 3 heterocycles. The third kappa shape index (κ3) is 3.44. The first kappa shape index (κ1) is 18.7. The summed E-state index contributed by atoms with van der Waals surface area (Å²) in [5.41, 5.74) is 1.36. The van der Waals surface area contributed by atoms with Crippen LogP contribution in [0.15, 0.2) is 29.1 Å². The van der Waals surface area contributed by atoms with Gasteiger partial charge in [0.25, 0.3) is 5.56 Å². The van der Waals surface area contributed by atoms with Gasteiger partial charge in [-0.1, -0.05) is 12.1 Å². The molecule has 0 bridgehead atoms. The van der Waals surface area contributed by atoms with E-state index in [1.807, 2.05) is 30.1 Å². The number of thiophene rings is 1. The van der Waals surface area contributed by atoms with Gasteiger partial charge < -0.3 is 9.72 Å². The predicted octanol–water partition coefficient (Wildman–Crippen LogP) is 3.32. The first-order valence-corrected chi connectivity index (χ1v) is 10.2. The van der Waals surface area contributed by atoms with Crippen molar-refractivity contribution in [2.75, 3.05) is 14.2 Å². The average molecular weight is 415 g/mol. The van der Waals surface area contributed by atoms with Crippen LogP contribution in [0.25, 0.3) is 20.4 Å². The molecule has 0 spiro atoms. The number of hydrogen-bond donors (Lipinski definition) is 1. The lowest BCUT2D eigenvalue weighted by Gasteiger charge is -2.14. The number of carbonyl (C=O) groups excluding carboxylic acids is 1. The molecule has 1 aromatic carbocycles. The highest BCUT2D eigenvalue weighted by Crippen LogP contribution is 2.28. The zero-order valence-electron chi connectivity index (χ0n) is 15.6. The number of esters is 1. The van der Waals surface area contributed by atoms with Gasteiger partial charge in [-0.25, -0.2) is 14.8 Å². The van der Waals surface area contributed by atoms with Crippen LogP contribution in [0.3, 0.4) is 0 Å². The lowest BCUT2D eigenvalue weighted by molar-refractivity contribution is 0.0605. The maximum Gasteiger partial charge on any atom is 0.348 e. The summed E-state index contributed by atoms with van der Waals surface area (Å²) in [6.45, 7) is 2.85. The second kappa shape index (κ2) is 7.42. The van der Waals surface area contributed by atoms with Gasteiger partial charge in [0.15, 0.2) is 0 Å². The molecule has 0 saturated heterocycles. The van der Waals surface area contributed by atoms with Crippen LogP contribution in [0.2, 0.25) is 0 Å². The Kier molecular flexibility index (Phi) is 4.96. The van der Waals surface area contributed by atoms with E-state index in [2.05, 4.69) is 21.0 Å². The van der Waals surface area contributed by atoms with Crippen LogP contribution in [0.1, 0.15) is 26.1 Å². The fourth-order valence-corrected chi connectivity index (χ4v) is 5.25. The van der Waals surface area contributed by atoms with Crippen LogP contribution in [-0.4, -0.2) is 40.0 Å². The average Bonchev–Trinajstić information content (AvgIpc) is 3.21. The molecule has 1 N–H and O–H groups in total. The standard InChI is InChI=1S/C19H18N4O3S2/c1-10-15-17(24)21-13(22-18(15)28-16(10)19(25)26-3)8-23(2)9-14-20-11-6-4-5-7-12(11)27-14/h4-7H,8-9H2,1-3H3,(H,21,22,24). The lowest BCUT2D eigenvalue weighted by Crippen LogP contribution is -2.21. The number of rotatable bonds is 5. The molecule has 0 aliphatic heterocycles. The fraction of sp³-hybridized carbons (Fsp3) is 0.263. The highest BCUT2D eigenvalue weighted by atomic mass is 32.1. The van der Waals surface area contributed by atoms with E-state index in [4.69, 9.17) is 4.74 Å². The van der Waals surface area contributed by atoms with E-state index in [0.717, 1.165) is 15.2 Å². The predicted molar refractivity (Wildman–Crippen MR) is 111 cm³/mol. The summed E-state index contributed by atoms with van der Waals surface area (Å²) in [5.74, 6) is 0.105. The third-order valence-electron chi connectivity index (χ3n) is 4.38. The summed E-state index contributed by atoms with van der Waals surface area (Å²) in [5, 5.41) is 1.45. The van der Waals surface area contributed by atoms with Crippen LogP contribution in [-0.2, 0) is 17.8 Å². The van der Waals surface area contributed by atoms with Crippen LogP contribution < -0.4 is 5.56 Å². The first-order chi connectivity index (χ1) is 13.5. The molecule has 3 aromatic heterocycles. The molecule has 0 radical (unpaired) electrons. The van der Waals surface area contributed by atoms with Crippen molar-refractivity contribution in [2.45, 2.75) is 20.0 Å². The van der Waals surface area contributed by atoms with E-state index in [9.17, 15) is 9.59 Å². The van der Waals surface area contributed by atoms with Crippen molar-refractivity contribution >= 4 is 49.1 Å². The molecule has 9 heteroatoms. The number of para-hydroxylation sites is 1. The summed E-state index contributed by atoms with van der Waals surface area (Å²) in [6, 6.07) is 8.04. The van der Waals surface area contributed by atoms with Crippen molar-refractivity contribution in [2.24, 2.45) is 0 Å². The van der Waals surface area contributed by atoms with Crippen LogP contribution in [0.5, 0.6) is 0 Å². The number of hydrogen-bond acceptors (Lipinski definition) is 8. The highest BCUT2D eigenvalue weighted by Gasteiger charge is 2.20. The number of ether oxygens (including phenoxy) is 1. The molecule has 0 aliphatic rings. The van der Waals surface area contributed by atoms with Gasteiger partial charge >= 0.3 is 5.97 Å². The molecule has 144 valence electrons. The number of methoxy groups -OCH3 is 1. The monoisotopic (exact) mass is 414 g/mol. The van der Waals surface area contributed by atoms with Crippen LogP contribution in [0, 0.1) is 6.92 Å². The van der Waals surface area contributed by atoms with Crippen molar-refractivity contribution in [3.63, 3.8) is 0 Å². The fourth-order valence-electron chi connectivity index (χ4n) is 3.08. The Hall–Kier alpha value is -2.62. The Morgan fingerprint density at radius 3 is 2.75 bits per heavy atom. The van der Waals surface area contributed by atoms with Gasteiger partial charge in [0.1, 0.15) is 20.5 Å². The van der Waals surface area contributed by atoms with Gasteiger partial charge in [0.2, 0.25) is 0 Å². The quantitative estimate of drug-likeness (QED) is 0.504. The summed E-state index contributed by atoms with van der Waals surface area (Å²) >= 11 is 2.84. The van der Waals surface area contributed by atoms with E-state index in [-0.39, 0.29) is 5.56 Å². The number of thiazole rings is 1. The van der Waals surface area contributed by atoms with Gasteiger partial charge in [-0.2, -0.15) is 0 Å². The number of H-pyrrole nitrogens is 1. The van der Waals surface area contributed by atoms with Crippen molar-refractivity contribution in [3.8, 4) is 0 Å². The van der Waals surface area contributed by atoms with Gasteiger partial charge in [-0.15, -0.1) is 22.7 Å². The molecule has 28 heavy (non-hydrogen) atoms. The first-order valence-electron chi connectivity index (χ1n) is 8.60. The Balaban J connectivity index is 1.58. The zero-order valence-corrected chi connectivity index (χ0v) is 17.2. The maximum absolute atomic E-state index is 12.5. The SMILES string of the molecule is COC(=O)c1sc2nc(CN(C)Cc3nc4ccccc4s3)[nH]c(=O)c2c1C. The number of benzene rings is 1. The smallest absolute Gasteiger partial charge is 0.348 e. The minimum absolute atomic E-state index is 0.239. The molecule has 7 nitrogen and oxygen atoms in total. The molecular formula is C19H18N4O3S2. The molecule has 0 atom stereocenters. The van der Waals surface area contributed by atoms with E-state index in [0.29, 0.717) is 39.6 Å². The Morgan fingerprint density at radius 2 is 2.00 bits per heavy atom. The van der Waals surface area contributed by atoms with Crippen molar-refractivity contribution in [1.29, 1.82) is 0 Å². The second-order valence-electron chi connectivity index (χ2n) is 6.49. The summed E-state index contributed by atoms with van der Waals surface area (Å²) in [7, 11) is 3.28. The number of aryl methyl sites for hydroxylation is 1. The Morgan fingerprint density at radius 1 is 1.21 bits per heavy atom. The maximum atomic E-state index is 12.5. The molecule has 0 fully saturated rings. The Bertz CT molecular complexity index is 1210. The molecule has 4 aromatic rings. The van der Waals surface area contributed by atoms with E-state index >= 15 is 0 Å². The molecule has 0 saturated carbocycles. The van der Waals surface area contributed by atoms with Gasteiger partial charge in [-0.3, -0.25) is 9.69 Å². The summed E-state index contributed by atoms with van der Waals surface area (Å²) < 4.78 is 5.95. The third-order valence-corrected chi connectivity index (χ3v) is 6.57. The minimum Gasteiger partial charge on any atom is -0.465 e. The largest absolute Gasteiger partial charge is 0.465 e. The number of aromatic amines is 1. The summed E-state index contributed by atoms with van der Waals surface area (Å²) in [6.07, 6.45) is 0. The van der Waals surface area contributed by atoms with Gasteiger partial charge in [0.05, 0.1) is 35.8 Å². The van der Waals surface area contributed by atoms with E-state index in [1.54, 1.807) is 18.3 Å². The highest BCUT2D eigenvalue weighted by molar-refractivity contribution is 7.20. The molecule has 4 rings (SSSR count). The van der Waals surface area contributed by atoms with E-state index in [1.165, 1.54) is 18.4 Å². The van der Waals surface area contributed by atoms with Crippen molar-refractivity contribution in [1.82, 2.24) is 19.9 Å². The van der Waals surface area contributed by atoms with Gasteiger partial charge in [0, 0.05) is 0 Å². The van der Waals surface area contributed by atoms with E-state index < -0.39 is 5.97 Å². The topological polar surface area (TPSA) is 88.2 Å². The minimum atomic E-state index is -0.450. The number of aromatic nitrogens is 3. The zero-order chi connectivity index (χ0) is 19.8. The van der Waals surface area contributed by atoms with Crippen molar-refractivity contribution < 1.29 is 9.53 Å². The number of nitrogens with one attached hydrogen (secondary N) is 1. The van der Waals surface area contributed by atoms with Gasteiger partial charge in [-0.05, 0) is 31.7 Å². The number of fused-ring (bicyclic) bond motifs is 2. The normalized spacial score (nSPS) is 11.6.